The summed E-state index contributed by atoms with van der Waals surface area (Å²) in [5.41, 5.74) is 2.28. The SMILES string of the molecule is CC(=O)Nc1c(-c2ccccc2)c(=O)[nH]c2ccccc12. The fourth-order valence-corrected chi connectivity index (χ4v) is 2.43. The Morgan fingerprint density at radius 1 is 1.00 bits per heavy atom. The molecule has 104 valence electrons. The van der Waals surface area contributed by atoms with Gasteiger partial charge in [0.25, 0.3) is 5.56 Å². The van der Waals surface area contributed by atoms with Gasteiger partial charge in [0.1, 0.15) is 0 Å². The first-order valence-electron chi connectivity index (χ1n) is 6.65. The van der Waals surface area contributed by atoms with Crippen molar-refractivity contribution in [3.8, 4) is 11.1 Å². The molecule has 0 aliphatic rings. The van der Waals surface area contributed by atoms with Crippen LogP contribution in [0, 0.1) is 0 Å². The molecule has 0 bridgehead atoms. The molecule has 0 fully saturated rings. The Hall–Kier alpha value is -2.88. The molecule has 3 aromatic rings. The number of hydrogen-bond acceptors (Lipinski definition) is 2. The molecule has 1 aromatic heterocycles. The molecule has 4 heteroatoms. The molecule has 0 spiro atoms. The van der Waals surface area contributed by atoms with Gasteiger partial charge in [0.2, 0.25) is 5.91 Å². The monoisotopic (exact) mass is 278 g/mol. The number of hydrogen-bond donors (Lipinski definition) is 2. The van der Waals surface area contributed by atoms with Crippen LogP contribution in [0.1, 0.15) is 6.92 Å². The maximum Gasteiger partial charge on any atom is 0.258 e. The molecule has 0 radical (unpaired) electrons. The highest BCUT2D eigenvalue weighted by molar-refractivity contribution is 6.06. The minimum atomic E-state index is -0.219. The number of carbonyl (C=O) groups is 1. The van der Waals surface area contributed by atoms with Crippen molar-refractivity contribution >= 4 is 22.5 Å². The Balaban J connectivity index is 2.40. The molecule has 1 heterocycles. The maximum absolute atomic E-state index is 12.4. The Morgan fingerprint density at radius 2 is 1.67 bits per heavy atom. The molecule has 0 aliphatic heterocycles. The van der Waals surface area contributed by atoms with Crippen molar-refractivity contribution in [3.05, 3.63) is 65.0 Å². The molecule has 3 rings (SSSR count). The topological polar surface area (TPSA) is 62.0 Å². The number of H-pyrrole nitrogens is 1. The summed E-state index contributed by atoms with van der Waals surface area (Å²) in [6, 6.07) is 16.7. The first-order valence-corrected chi connectivity index (χ1v) is 6.65. The van der Waals surface area contributed by atoms with Crippen LogP contribution in [0.4, 0.5) is 5.69 Å². The predicted octanol–water partition coefficient (Wildman–Crippen LogP) is 3.15. The fourth-order valence-electron chi connectivity index (χ4n) is 2.43. The van der Waals surface area contributed by atoms with E-state index in [1.165, 1.54) is 6.92 Å². The van der Waals surface area contributed by atoms with E-state index in [0.717, 1.165) is 10.9 Å². The van der Waals surface area contributed by atoms with E-state index in [1.54, 1.807) is 0 Å². The summed E-state index contributed by atoms with van der Waals surface area (Å²) < 4.78 is 0. The second-order valence-electron chi connectivity index (χ2n) is 4.80. The van der Waals surface area contributed by atoms with Gasteiger partial charge in [-0.05, 0) is 11.6 Å². The Labute approximate surface area is 121 Å². The lowest BCUT2D eigenvalue weighted by Gasteiger charge is -2.12. The van der Waals surface area contributed by atoms with Gasteiger partial charge in [-0.15, -0.1) is 0 Å². The Kier molecular flexibility index (Phi) is 3.28. The van der Waals surface area contributed by atoms with E-state index in [2.05, 4.69) is 10.3 Å². The number of aromatic nitrogens is 1. The van der Waals surface area contributed by atoms with Crippen LogP contribution in [0.5, 0.6) is 0 Å². The molecule has 21 heavy (non-hydrogen) atoms. The third-order valence-electron chi connectivity index (χ3n) is 3.29. The van der Waals surface area contributed by atoms with Crippen LogP contribution < -0.4 is 10.9 Å². The lowest BCUT2D eigenvalue weighted by atomic mass is 10.0. The minimum Gasteiger partial charge on any atom is -0.325 e. The predicted molar refractivity (Wildman–Crippen MR) is 84.3 cm³/mol. The Bertz CT molecular complexity index is 867. The van der Waals surface area contributed by atoms with Crippen LogP contribution >= 0.6 is 0 Å². The number of fused-ring (bicyclic) bond motifs is 1. The average molecular weight is 278 g/mol. The summed E-state index contributed by atoms with van der Waals surface area (Å²) in [5.74, 6) is -0.206. The largest absolute Gasteiger partial charge is 0.325 e. The van der Waals surface area contributed by atoms with E-state index in [4.69, 9.17) is 0 Å². The van der Waals surface area contributed by atoms with Gasteiger partial charge >= 0.3 is 0 Å². The Morgan fingerprint density at radius 3 is 2.38 bits per heavy atom. The second-order valence-corrected chi connectivity index (χ2v) is 4.80. The third-order valence-corrected chi connectivity index (χ3v) is 3.29. The number of rotatable bonds is 2. The van der Waals surface area contributed by atoms with Gasteiger partial charge in [-0.3, -0.25) is 9.59 Å². The summed E-state index contributed by atoms with van der Waals surface area (Å²) in [6.07, 6.45) is 0. The molecule has 0 saturated heterocycles. The first kappa shape index (κ1) is 13.1. The van der Waals surface area contributed by atoms with Crippen LogP contribution in [0.3, 0.4) is 0 Å². The van der Waals surface area contributed by atoms with Crippen LogP contribution in [-0.4, -0.2) is 10.9 Å². The zero-order chi connectivity index (χ0) is 14.8. The van der Waals surface area contributed by atoms with Gasteiger partial charge in [0, 0.05) is 12.3 Å². The summed E-state index contributed by atoms with van der Waals surface area (Å²) in [6.45, 7) is 1.44. The van der Waals surface area contributed by atoms with Crippen LogP contribution in [0.2, 0.25) is 0 Å². The highest BCUT2D eigenvalue weighted by Gasteiger charge is 2.15. The molecule has 0 atom stereocenters. The van der Waals surface area contributed by atoms with Crippen LogP contribution in [0.15, 0.2) is 59.4 Å². The molecule has 0 unspecified atom stereocenters. The molecule has 0 saturated carbocycles. The molecule has 1 amide bonds. The zero-order valence-electron chi connectivity index (χ0n) is 11.5. The summed E-state index contributed by atoms with van der Waals surface area (Å²) in [5, 5.41) is 3.61. The highest BCUT2D eigenvalue weighted by Crippen LogP contribution is 2.30. The van der Waals surface area contributed by atoms with Crippen molar-refractivity contribution in [3.63, 3.8) is 0 Å². The smallest absolute Gasteiger partial charge is 0.258 e. The summed E-state index contributed by atoms with van der Waals surface area (Å²) in [7, 11) is 0. The van der Waals surface area contributed by atoms with Crippen LogP contribution in [0.25, 0.3) is 22.0 Å². The van der Waals surface area contributed by atoms with Crippen LogP contribution in [-0.2, 0) is 4.79 Å². The number of aromatic amines is 1. The molecule has 2 N–H and O–H groups in total. The number of carbonyl (C=O) groups excluding carboxylic acids is 1. The minimum absolute atomic E-state index is 0.206. The van der Waals surface area contributed by atoms with Gasteiger partial charge in [-0.1, -0.05) is 48.5 Å². The highest BCUT2D eigenvalue weighted by atomic mass is 16.1. The van der Waals surface area contributed by atoms with Crippen molar-refractivity contribution in [2.75, 3.05) is 5.32 Å². The average Bonchev–Trinajstić information content (AvgIpc) is 2.47. The summed E-state index contributed by atoms with van der Waals surface area (Å²) in [4.78, 5) is 26.8. The molecular formula is C17H14N2O2. The van der Waals surface area contributed by atoms with Crippen molar-refractivity contribution in [2.45, 2.75) is 6.92 Å². The zero-order valence-corrected chi connectivity index (χ0v) is 11.5. The third kappa shape index (κ3) is 2.43. The van der Waals surface area contributed by atoms with E-state index in [0.29, 0.717) is 16.8 Å². The maximum atomic E-state index is 12.4. The standard InChI is InChI=1S/C17H14N2O2/c1-11(20)18-16-13-9-5-6-10-14(13)19-17(21)15(16)12-7-3-2-4-8-12/h2-10H,1H3,(H2,18,19,20,21). The number of pyridine rings is 1. The van der Waals surface area contributed by atoms with Gasteiger partial charge in [-0.2, -0.15) is 0 Å². The number of anilines is 1. The second kappa shape index (κ2) is 5.25. The van der Waals surface area contributed by atoms with Gasteiger partial charge < -0.3 is 10.3 Å². The molecule has 2 aromatic carbocycles. The normalized spacial score (nSPS) is 10.5. The van der Waals surface area contributed by atoms with Crippen molar-refractivity contribution in [1.29, 1.82) is 0 Å². The molecular weight excluding hydrogens is 264 g/mol. The summed E-state index contributed by atoms with van der Waals surface area (Å²) >= 11 is 0. The van der Waals surface area contributed by atoms with E-state index < -0.39 is 0 Å². The first-order chi connectivity index (χ1) is 10.2. The number of para-hydroxylation sites is 1. The lowest BCUT2D eigenvalue weighted by Crippen LogP contribution is -2.16. The van der Waals surface area contributed by atoms with Crippen molar-refractivity contribution in [2.24, 2.45) is 0 Å². The number of amides is 1. The van der Waals surface area contributed by atoms with Gasteiger partial charge in [-0.25, -0.2) is 0 Å². The van der Waals surface area contributed by atoms with Gasteiger partial charge in [0.05, 0.1) is 16.8 Å². The van der Waals surface area contributed by atoms with E-state index in [-0.39, 0.29) is 11.5 Å². The van der Waals surface area contributed by atoms with E-state index in [9.17, 15) is 9.59 Å². The quantitative estimate of drug-likeness (QED) is 0.756. The van der Waals surface area contributed by atoms with E-state index in [1.807, 2.05) is 54.6 Å². The number of nitrogens with one attached hydrogen (secondary N) is 2. The molecule has 4 nitrogen and oxygen atoms in total. The number of benzene rings is 2. The van der Waals surface area contributed by atoms with Gasteiger partial charge in [0.15, 0.2) is 0 Å². The lowest BCUT2D eigenvalue weighted by molar-refractivity contribution is -0.114. The van der Waals surface area contributed by atoms with Crippen molar-refractivity contribution < 1.29 is 4.79 Å². The van der Waals surface area contributed by atoms with E-state index >= 15 is 0 Å². The fraction of sp³-hybridized carbons (Fsp3) is 0.0588. The van der Waals surface area contributed by atoms with Crippen molar-refractivity contribution in [1.82, 2.24) is 4.98 Å². The molecule has 0 aliphatic carbocycles.